The van der Waals surface area contributed by atoms with Crippen LogP contribution in [0.4, 0.5) is 11.4 Å². The first-order chi connectivity index (χ1) is 9.72. The van der Waals surface area contributed by atoms with Crippen molar-refractivity contribution < 1.29 is 4.74 Å². The van der Waals surface area contributed by atoms with Crippen LogP contribution in [0.25, 0.3) is 11.3 Å². The molecule has 2 aromatic rings. The monoisotopic (exact) mass is 270 g/mol. The second-order valence-corrected chi connectivity index (χ2v) is 5.02. The molecule has 3 N–H and O–H groups in total. The summed E-state index contributed by atoms with van der Waals surface area (Å²) in [4.78, 5) is 0. The summed E-state index contributed by atoms with van der Waals surface area (Å²) in [5.41, 5.74) is 10.4. The lowest BCUT2D eigenvalue weighted by Crippen LogP contribution is -2.33. The Morgan fingerprint density at radius 3 is 2.75 bits per heavy atom. The van der Waals surface area contributed by atoms with E-state index >= 15 is 0 Å². The molecule has 1 aromatic heterocycles. The quantitative estimate of drug-likeness (QED) is 0.833. The van der Waals surface area contributed by atoms with Gasteiger partial charge in [-0.05, 0) is 37.6 Å². The predicted molar refractivity (Wildman–Crippen MR) is 79.5 cm³/mol. The molecule has 104 valence electrons. The van der Waals surface area contributed by atoms with E-state index in [9.17, 15) is 0 Å². The van der Waals surface area contributed by atoms with Gasteiger partial charge in [-0.1, -0.05) is 6.07 Å². The van der Waals surface area contributed by atoms with E-state index in [-0.39, 0.29) is 0 Å². The number of anilines is 2. The molecule has 0 unspecified atom stereocenters. The molecule has 0 aliphatic carbocycles. The molecular weight excluding hydrogens is 252 g/mol. The molecule has 5 heteroatoms. The number of hydrogen-bond donors (Lipinski definition) is 2. The molecule has 1 atom stereocenters. The Balaban J connectivity index is 1.74. The van der Waals surface area contributed by atoms with E-state index in [1.54, 1.807) is 0 Å². The number of benzene rings is 1. The zero-order chi connectivity index (χ0) is 13.9. The van der Waals surface area contributed by atoms with E-state index in [1.165, 1.54) is 0 Å². The van der Waals surface area contributed by atoms with Gasteiger partial charge >= 0.3 is 0 Å². The number of nitrogen functional groups attached to an aromatic ring is 1. The highest BCUT2D eigenvalue weighted by molar-refractivity contribution is 5.74. The average Bonchev–Trinajstić information content (AvgIpc) is 2.39. The van der Waals surface area contributed by atoms with Crippen LogP contribution in [-0.2, 0) is 4.74 Å². The van der Waals surface area contributed by atoms with Gasteiger partial charge in [0.05, 0.1) is 28.9 Å². The van der Waals surface area contributed by atoms with Gasteiger partial charge in [0.15, 0.2) is 0 Å². The summed E-state index contributed by atoms with van der Waals surface area (Å²) in [5.74, 6) is 0. The number of aryl methyl sites for hydroxylation is 1. The number of nitrogens with zero attached hydrogens (tertiary/aromatic N) is 2. The van der Waals surface area contributed by atoms with Crippen molar-refractivity contribution in [1.29, 1.82) is 0 Å². The van der Waals surface area contributed by atoms with E-state index < -0.39 is 0 Å². The number of nitrogens with one attached hydrogen (secondary N) is 1. The molecule has 1 aliphatic rings. The minimum Gasteiger partial charge on any atom is -0.397 e. The second-order valence-electron chi connectivity index (χ2n) is 5.02. The summed E-state index contributed by atoms with van der Waals surface area (Å²) in [6.45, 7) is 3.58. The van der Waals surface area contributed by atoms with E-state index in [4.69, 9.17) is 10.5 Å². The summed E-state index contributed by atoms with van der Waals surface area (Å²) in [7, 11) is 0. The Morgan fingerprint density at radius 2 is 2.15 bits per heavy atom. The fraction of sp³-hybridized carbons (Fsp3) is 0.333. The molecule has 20 heavy (non-hydrogen) atoms. The van der Waals surface area contributed by atoms with Gasteiger partial charge in [-0.2, -0.15) is 10.2 Å². The van der Waals surface area contributed by atoms with Gasteiger partial charge in [-0.25, -0.2) is 0 Å². The zero-order valence-corrected chi connectivity index (χ0v) is 11.5. The molecule has 0 radical (unpaired) electrons. The predicted octanol–water partition coefficient (Wildman–Crippen LogP) is 2.24. The molecule has 2 heterocycles. The van der Waals surface area contributed by atoms with Crippen LogP contribution in [0.1, 0.15) is 12.1 Å². The first-order valence-electron chi connectivity index (χ1n) is 6.78. The molecular formula is C15H18N4O. The average molecular weight is 270 g/mol. The van der Waals surface area contributed by atoms with Crippen molar-refractivity contribution in [3.05, 3.63) is 36.0 Å². The molecule has 5 nitrogen and oxygen atoms in total. The highest BCUT2D eigenvalue weighted by atomic mass is 16.5. The van der Waals surface area contributed by atoms with Gasteiger partial charge in [0.2, 0.25) is 0 Å². The lowest BCUT2D eigenvalue weighted by Gasteiger charge is -2.27. The molecule has 0 bridgehead atoms. The first-order valence-corrected chi connectivity index (χ1v) is 6.78. The van der Waals surface area contributed by atoms with Gasteiger partial charge in [-0.3, -0.25) is 0 Å². The molecule has 1 aliphatic heterocycles. The van der Waals surface area contributed by atoms with E-state index in [0.29, 0.717) is 11.8 Å². The maximum absolute atomic E-state index is 6.08. The van der Waals surface area contributed by atoms with Crippen LogP contribution in [0.15, 0.2) is 30.3 Å². The third kappa shape index (κ3) is 2.72. The molecule has 0 saturated carbocycles. The molecule has 1 fully saturated rings. The first kappa shape index (κ1) is 12.9. The Hall–Kier alpha value is -2.14. The zero-order valence-electron chi connectivity index (χ0n) is 11.5. The van der Waals surface area contributed by atoms with Crippen LogP contribution in [0.3, 0.4) is 0 Å². The normalized spacial score (nSPS) is 17.6. The summed E-state index contributed by atoms with van der Waals surface area (Å²) >= 11 is 0. The fourth-order valence-electron chi connectivity index (χ4n) is 2.11. The van der Waals surface area contributed by atoms with Crippen molar-refractivity contribution in [2.75, 3.05) is 24.2 Å². The molecule has 1 aromatic carbocycles. The minimum atomic E-state index is 0.317. The maximum Gasteiger partial charge on any atom is 0.0930 e. The lowest BCUT2D eigenvalue weighted by molar-refractivity contribution is -0.0410. The van der Waals surface area contributed by atoms with E-state index in [2.05, 4.69) is 15.5 Å². The second kappa shape index (κ2) is 5.46. The van der Waals surface area contributed by atoms with Crippen LogP contribution in [0, 0.1) is 6.92 Å². The standard InChI is InChI=1S/C15H18N4O/c1-10-2-4-14(19-18-10)11-3-5-15(13(16)8-11)17-9-12-6-7-20-12/h2-5,8,12,17H,6-7,9,16H2,1H3/t12-/m0/s1. The Kier molecular flexibility index (Phi) is 3.52. The Bertz CT molecular complexity index is 593. The number of hydrogen-bond acceptors (Lipinski definition) is 5. The Labute approximate surface area is 118 Å². The van der Waals surface area contributed by atoms with Crippen molar-refractivity contribution in [2.45, 2.75) is 19.4 Å². The summed E-state index contributed by atoms with van der Waals surface area (Å²) in [5, 5.41) is 11.5. The number of ether oxygens (including phenoxy) is 1. The summed E-state index contributed by atoms with van der Waals surface area (Å²) in [6.07, 6.45) is 1.43. The van der Waals surface area contributed by atoms with Gasteiger partial charge in [-0.15, -0.1) is 0 Å². The SMILES string of the molecule is Cc1ccc(-c2ccc(NC[C@@H]3CCO3)c(N)c2)nn1. The molecule has 3 rings (SSSR count). The van der Waals surface area contributed by atoms with Crippen molar-refractivity contribution in [3.63, 3.8) is 0 Å². The topological polar surface area (TPSA) is 73.1 Å². The van der Waals surface area contributed by atoms with Crippen LogP contribution in [0.5, 0.6) is 0 Å². The smallest absolute Gasteiger partial charge is 0.0930 e. The third-order valence-corrected chi connectivity index (χ3v) is 3.46. The van der Waals surface area contributed by atoms with Crippen LogP contribution >= 0.6 is 0 Å². The largest absolute Gasteiger partial charge is 0.397 e. The van der Waals surface area contributed by atoms with E-state index in [0.717, 1.165) is 42.2 Å². The molecule has 0 amide bonds. The Morgan fingerprint density at radius 1 is 1.30 bits per heavy atom. The third-order valence-electron chi connectivity index (χ3n) is 3.46. The number of nitrogens with two attached hydrogens (primary N) is 1. The van der Waals surface area contributed by atoms with Gasteiger partial charge < -0.3 is 15.8 Å². The number of aromatic nitrogens is 2. The highest BCUT2D eigenvalue weighted by Crippen LogP contribution is 2.26. The van der Waals surface area contributed by atoms with Crippen molar-refractivity contribution >= 4 is 11.4 Å². The minimum absolute atomic E-state index is 0.317. The van der Waals surface area contributed by atoms with Crippen molar-refractivity contribution in [3.8, 4) is 11.3 Å². The fourth-order valence-corrected chi connectivity index (χ4v) is 2.11. The summed E-state index contributed by atoms with van der Waals surface area (Å²) < 4.78 is 5.37. The molecule has 1 saturated heterocycles. The van der Waals surface area contributed by atoms with Gasteiger partial charge in [0.1, 0.15) is 0 Å². The number of rotatable bonds is 4. The van der Waals surface area contributed by atoms with Crippen molar-refractivity contribution in [1.82, 2.24) is 10.2 Å². The van der Waals surface area contributed by atoms with Crippen LogP contribution < -0.4 is 11.1 Å². The van der Waals surface area contributed by atoms with Crippen molar-refractivity contribution in [2.24, 2.45) is 0 Å². The molecule has 0 spiro atoms. The summed E-state index contributed by atoms with van der Waals surface area (Å²) in [6, 6.07) is 9.79. The highest BCUT2D eigenvalue weighted by Gasteiger charge is 2.17. The van der Waals surface area contributed by atoms with E-state index in [1.807, 2.05) is 37.3 Å². The maximum atomic E-state index is 6.08. The van der Waals surface area contributed by atoms with Crippen LogP contribution in [0.2, 0.25) is 0 Å². The lowest BCUT2D eigenvalue weighted by atomic mass is 10.1. The van der Waals surface area contributed by atoms with Gasteiger partial charge in [0.25, 0.3) is 0 Å². The van der Waals surface area contributed by atoms with Gasteiger partial charge in [0, 0.05) is 18.7 Å². The van der Waals surface area contributed by atoms with Crippen LogP contribution in [-0.4, -0.2) is 29.5 Å².